The highest BCUT2D eigenvalue weighted by molar-refractivity contribution is 5.72. The highest BCUT2D eigenvalue weighted by Crippen LogP contribution is 2.59. The predicted octanol–water partition coefficient (Wildman–Crippen LogP) is 13.8. The highest BCUT2D eigenvalue weighted by atomic mass is 14.6. The molecule has 0 aliphatic heterocycles. The zero-order valence-electron chi connectivity index (χ0n) is 29.6. The average Bonchev–Trinajstić information content (AvgIpc) is 3.17. The average molecular weight is 639 g/mol. The fourth-order valence-electron chi connectivity index (χ4n) is 9.45. The second-order valence-electron chi connectivity index (χ2n) is 14.4. The van der Waals surface area contributed by atoms with E-state index in [1.54, 1.807) is 0 Å². The van der Waals surface area contributed by atoms with Gasteiger partial charge >= 0.3 is 0 Å². The van der Waals surface area contributed by atoms with E-state index in [1.165, 1.54) is 81.3 Å². The first kappa shape index (κ1) is 32.8. The third-order valence-corrected chi connectivity index (χ3v) is 11.5. The lowest BCUT2D eigenvalue weighted by Gasteiger charge is -2.55. The fraction of sp³-hybridized carbons (Fsp3) is 0.265. The van der Waals surface area contributed by atoms with Gasteiger partial charge in [-0.15, -0.1) is 0 Å². The lowest BCUT2D eigenvalue weighted by atomic mass is 9.48. The van der Waals surface area contributed by atoms with Crippen LogP contribution in [0.15, 0.2) is 158 Å². The number of benzene rings is 6. The zero-order valence-corrected chi connectivity index (χ0v) is 29.6. The largest absolute Gasteiger partial charge is 0.0683 e. The maximum absolute atomic E-state index is 2.54. The van der Waals surface area contributed by atoms with Gasteiger partial charge < -0.3 is 0 Å². The number of fused-ring (bicyclic) bond motifs is 2. The third kappa shape index (κ3) is 6.42. The molecule has 4 atom stereocenters. The van der Waals surface area contributed by atoms with E-state index in [9.17, 15) is 0 Å². The Hall–Kier alpha value is -4.68. The van der Waals surface area contributed by atoms with Crippen LogP contribution in [0.25, 0.3) is 44.5 Å². The van der Waals surface area contributed by atoms with E-state index in [2.05, 4.69) is 172 Å². The number of hydrogen-bond acceptors (Lipinski definition) is 0. The van der Waals surface area contributed by atoms with Crippen molar-refractivity contribution in [2.45, 2.75) is 58.8 Å². The van der Waals surface area contributed by atoms with Gasteiger partial charge in [0.25, 0.3) is 0 Å². The molecular weight excluding hydrogens is 589 g/mol. The van der Waals surface area contributed by atoms with Gasteiger partial charge in [0.1, 0.15) is 0 Å². The van der Waals surface area contributed by atoms with Crippen LogP contribution in [0.1, 0.15) is 64.5 Å². The monoisotopic (exact) mass is 638 g/mol. The molecule has 246 valence electrons. The van der Waals surface area contributed by atoms with Gasteiger partial charge in [0.05, 0.1) is 0 Å². The van der Waals surface area contributed by atoms with Gasteiger partial charge in [-0.1, -0.05) is 185 Å². The first-order valence-electron chi connectivity index (χ1n) is 18.6. The zero-order chi connectivity index (χ0) is 33.8. The minimum atomic E-state index is 0.0244. The molecule has 2 bridgehead atoms. The van der Waals surface area contributed by atoms with Crippen molar-refractivity contribution < 1.29 is 0 Å². The van der Waals surface area contributed by atoms with Crippen LogP contribution in [-0.4, -0.2) is 0 Å². The lowest BCUT2D eigenvalue weighted by Crippen LogP contribution is -2.50. The molecule has 0 aromatic heterocycles. The van der Waals surface area contributed by atoms with Gasteiger partial charge in [-0.25, -0.2) is 0 Å². The van der Waals surface area contributed by atoms with Gasteiger partial charge in [-0.3, -0.25) is 0 Å². The predicted molar refractivity (Wildman–Crippen MR) is 211 cm³/mol. The summed E-state index contributed by atoms with van der Waals surface area (Å²) in [4.78, 5) is 0. The van der Waals surface area contributed by atoms with Gasteiger partial charge in [0.15, 0.2) is 0 Å². The van der Waals surface area contributed by atoms with Crippen molar-refractivity contribution in [2.75, 3.05) is 0 Å². The summed E-state index contributed by atoms with van der Waals surface area (Å²) in [6.45, 7) is 9.03. The van der Waals surface area contributed by atoms with E-state index in [1.807, 2.05) is 13.8 Å². The summed E-state index contributed by atoms with van der Waals surface area (Å²) in [6.07, 6.45) is 5.37. The van der Waals surface area contributed by atoms with Gasteiger partial charge in [0.2, 0.25) is 0 Å². The Morgan fingerprint density at radius 3 is 1.06 bits per heavy atom. The van der Waals surface area contributed by atoms with E-state index in [0.29, 0.717) is 11.8 Å². The number of hydrogen-bond donors (Lipinski definition) is 0. The maximum Gasteiger partial charge on any atom is 0.0256 e. The second kappa shape index (κ2) is 14.4. The normalized spacial score (nSPS) is 20.9. The third-order valence-electron chi connectivity index (χ3n) is 11.5. The van der Waals surface area contributed by atoms with Crippen molar-refractivity contribution in [3.8, 4) is 44.5 Å². The second-order valence-corrected chi connectivity index (χ2v) is 14.4. The minimum absolute atomic E-state index is 0.0244. The van der Waals surface area contributed by atoms with Crippen molar-refractivity contribution in [2.24, 2.45) is 23.7 Å². The molecule has 0 saturated heterocycles. The van der Waals surface area contributed by atoms with Crippen LogP contribution >= 0.6 is 0 Å². The molecular formula is C49H50. The first-order chi connectivity index (χ1) is 24.1. The Balaban J connectivity index is 0.00000186. The Labute approximate surface area is 294 Å². The topological polar surface area (TPSA) is 0 Å². The summed E-state index contributed by atoms with van der Waals surface area (Å²) in [5.41, 5.74) is 13.2. The molecule has 49 heavy (non-hydrogen) atoms. The van der Waals surface area contributed by atoms with E-state index in [-0.39, 0.29) is 5.41 Å². The molecule has 0 heterocycles. The summed E-state index contributed by atoms with van der Waals surface area (Å²) >= 11 is 0. The minimum Gasteiger partial charge on any atom is -0.0683 e. The van der Waals surface area contributed by atoms with E-state index < -0.39 is 0 Å². The molecule has 0 N–H and O–H groups in total. The van der Waals surface area contributed by atoms with Crippen LogP contribution in [0, 0.1) is 23.7 Å². The summed E-state index contributed by atoms with van der Waals surface area (Å²) in [5.74, 6) is 2.89. The van der Waals surface area contributed by atoms with Crippen LogP contribution < -0.4 is 0 Å². The molecule has 0 heteroatoms. The molecule has 2 aliphatic carbocycles. The summed E-state index contributed by atoms with van der Waals surface area (Å²) < 4.78 is 0. The van der Waals surface area contributed by atoms with Crippen LogP contribution in [0.2, 0.25) is 0 Å². The van der Waals surface area contributed by atoms with E-state index >= 15 is 0 Å². The molecule has 0 nitrogen and oxygen atoms in total. The van der Waals surface area contributed by atoms with Crippen molar-refractivity contribution in [3.05, 3.63) is 169 Å². The van der Waals surface area contributed by atoms with Crippen LogP contribution in [0.3, 0.4) is 0 Å². The molecule has 6 aromatic carbocycles. The molecule has 2 fully saturated rings. The van der Waals surface area contributed by atoms with Gasteiger partial charge in [-0.05, 0) is 105 Å². The molecule has 6 aromatic rings. The number of rotatable bonds is 6. The van der Waals surface area contributed by atoms with Crippen molar-refractivity contribution in [1.82, 2.24) is 0 Å². The molecule has 8 rings (SSSR count). The first-order valence-corrected chi connectivity index (χ1v) is 18.6. The Morgan fingerprint density at radius 2 is 0.694 bits per heavy atom. The van der Waals surface area contributed by atoms with Crippen LogP contribution in [-0.2, 0) is 5.41 Å². The van der Waals surface area contributed by atoms with E-state index in [4.69, 9.17) is 0 Å². The van der Waals surface area contributed by atoms with Gasteiger partial charge in [-0.2, -0.15) is 0 Å². The maximum atomic E-state index is 2.54. The summed E-state index contributed by atoms with van der Waals surface area (Å²) in [6, 6.07) is 58.8. The highest BCUT2D eigenvalue weighted by Gasteiger charge is 2.52. The van der Waals surface area contributed by atoms with Crippen molar-refractivity contribution >= 4 is 0 Å². The molecule has 0 amide bonds. The standard InChI is InChI=1S/C47H44.C2H6/c1-33-29-35-31-34(2)47(46(30-33)32-35,44-25-21-42(22-26-44)40-17-13-38(14-18-40)36-9-5-3-6-10-36)45-27-23-43(24-28-45)41-19-15-39(16-20-41)37-11-7-4-8-12-37;1-2/h3-28,33-35,46H,29-32H2,1-2H3;1-2H3. The smallest absolute Gasteiger partial charge is 0.0256 e. The van der Waals surface area contributed by atoms with Gasteiger partial charge in [0, 0.05) is 5.41 Å². The lowest BCUT2D eigenvalue weighted by molar-refractivity contribution is 0.0402. The molecule has 0 radical (unpaired) electrons. The van der Waals surface area contributed by atoms with E-state index in [0.717, 1.165) is 11.8 Å². The fourth-order valence-corrected chi connectivity index (χ4v) is 9.45. The Kier molecular flexibility index (Phi) is 9.67. The van der Waals surface area contributed by atoms with Crippen molar-refractivity contribution in [1.29, 1.82) is 0 Å². The quantitative estimate of drug-likeness (QED) is 0.170. The summed E-state index contributed by atoms with van der Waals surface area (Å²) in [5, 5.41) is 0. The molecule has 4 unspecified atom stereocenters. The summed E-state index contributed by atoms with van der Waals surface area (Å²) in [7, 11) is 0. The Bertz CT molecular complexity index is 1780. The van der Waals surface area contributed by atoms with Crippen molar-refractivity contribution in [3.63, 3.8) is 0 Å². The van der Waals surface area contributed by atoms with Crippen LogP contribution in [0.5, 0.6) is 0 Å². The molecule has 2 aliphatic rings. The van der Waals surface area contributed by atoms with Crippen LogP contribution in [0.4, 0.5) is 0 Å². The SMILES string of the molecule is CC.CC1CC2CC(C)C(c3ccc(-c4ccc(-c5ccccc5)cc4)cc3)(c3ccc(-c4ccc(-c5ccccc5)cc4)cc3)C(C1)C2. The Morgan fingerprint density at radius 1 is 0.367 bits per heavy atom. The molecule has 2 saturated carbocycles. The molecule has 0 spiro atoms.